The summed E-state index contributed by atoms with van der Waals surface area (Å²) in [4.78, 5) is 9.45. The molecule has 2 atom stereocenters. The van der Waals surface area contributed by atoms with Crippen LogP contribution >= 0.6 is 11.6 Å². The van der Waals surface area contributed by atoms with Crippen LogP contribution in [0.15, 0.2) is 48.5 Å². The summed E-state index contributed by atoms with van der Waals surface area (Å²) in [6.07, 6.45) is -0.334. The van der Waals surface area contributed by atoms with Gasteiger partial charge in [0.25, 0.3) is 0 Å². The molecule has 2 aromatic carbocycles. The summed E-state index contributed by atoms with van der Waals surface area (Å²) in [6, 6.07) is 16.1. The quantitative estimate of drug-likeness (QED) is 0.681. The highest BCUT2D eigenvalue weighted by molar-refractivity contribution is 6.32. The molecule has 3 N–H and O–H groups in total. The summed E-state index contributed by atoms with van der Waals surface area (Å²) >= 11 is 6.25. The van der Waals surface area contributed by atoms with Crippen LogP contribution in [-0.4, -0.2) is 35.9 Å². The van der Waals surface area contributed by atoms with Gasteiger partial charge < -0.3 is 20.3 Å². The van der Waals surface area contributed by atoms with Crippen molar-refractivity contribution >= 4 is 17.6 Å². The fraction of sp³-hybridized carbons (Fsp3) is 0.350. The van der Waals surface area contributed by atoms with Crippen molar-refractivity contribution in [2.75, 3.05) is 13.6 Å². The van der Waals surface area contributed by atoms with Crippen LogP contribution in [0.5, 0.6) is 5.75 Å². The number of carboxylic acids is 1. The molecule has 2 aromatic rings. The molecule has 0 spiro atoms. The van der Waals surface area contributed by atoms with E-state index in [1.54, 1.807) is 0 Å². The van der Waals surface area contributed by atoms with Crippen molar-refractivity contribution in [3.05, 3.63) is 64.7 Å². The van der Waals surface area contributed by atoms with E-state index in [0.717, 1.165) is 24.3 Å². The van der Waals surface area contributed by atoms with Crippen LogP contribution in [0.4, 0.5) is 0 Å². The molecule has 0 heterocycles. The number of nitrogens with one attached hydrogen (secondary N) is 1. The second-order valence-electron chi connectivity index (χ2n) is 5.86. The zero-order valence-electron chi connectivity index (χ0n) is 15.3. The maximum Gasteiger partial charge on any atom is 0.332 e. The third kappa shape index (κ3) is 7.87. The first-order valence-electron chi connectivity index (χ1n) is 8.38. The van der Waals surface area contributed by atoms with Crippen LogP contribution in [0.1, 0.15) is 30.6 Å². The molecule has 2 rings (SSSR count). The molecule has 5 nitrogen and oxygen atoms in total. The molecule has 0 aliphatic rings. The Kier molecular flexibility index (Phi) is 9.73. The standard InChI is InChI=1S/C17H20ClNO.C3H6O3/c1-13-8-9-17(15(18)12-13)20-16(10-11-19-2)14-6-4-3-5-7-14;1-2(4)3(5)6/h3-9,12,16,19H,10-11H2,1-2H3;2,4H,1H3,(H,5,6). The Hall–Kier alpha value is -2.08. The van der Waals surface area contributed by atoms with E-state index < -0.39 is 12.1 Å². The number of hydrogen-bond acceptors (Lipinski definition) is 4. The Balaban J connectivity index is 0.000000487. The van der Waals surface area contributed by atoms with Gasteiger partial charge in [0, 0.05) is 6.42 Å². The molecule has 2 unspecified atom stereocenters. The maximum atomic E-state index is 9.45. The van der Waals surface area contributed by atoms with Gasteiger partial charge in [0.05, 0.1) is 5.02 Å². The Bertz CT molecular complexity index is 677. The van der Waals surface area contributed by atoms with Crippen molar-refractivity contribution in [2.45, 2.75) is 32.5 Å². The van der Waals surface area contributed by atoms with Gasteiger partial charge in [-0.2, -0.15) is 0 Å². The number of ether oxygens (including phenoxy) is 1. The number of carbonyl (C=O) groups is 1. The van der Waals surface area contributed by atoms with E-state index in [1.807, 2.05) is 50.4 Å². The fourth-order valence-corrected chi connectivity index (χ4v) is 2.37. The monoisotopic (exact) mass is 379 g/mol. The van der Waals surface area contributed by atoms with E-state index in [0.29, 0.717) is 5.02 Å². The Morgan fingerprint density at radius 1 is 1.23 bits per heavy atom. The van der Waals surface area contributed by atoms with Crippen molar-refractivity contribution < 1.29 is 19.7 Å². The molecule has 142 valence electrons. The minimum Gasteiger partial charge on any atom is -0.484 e. The van der Waals surface area contributed by atoms with Gasteiger partial charge in [-0.1, -0.05) is 48.0 Å². The molecule has 0 aliphatic heterocycles. The maximum absolute atomic E-state index is 9.45. The molecular weight excluding hydrogens is 354 g/mol. The summed E-state index contributed by atoms with van der Waals surface area (Å²) < 4.78 is 6.12. The van der Waals surface area contributed by atoms with Gasteiger partial charge in [0.2, 0.25) is 0 Å². The number of halogens is 1. The van der Waals surface area contributed by atoms with E-state index >= 15 is 0 Å². The molecule has 0 aromatic heterocycles. The first-order chi connectivity index (χ1) is 12.3. The van der Waals surface area contributed by atoms with Crippen molar-refractivity contribution in [1.82, 2.24) is 5.32 Å². The highest BCUT2D eigenvalue weighted by atomic mass is 35.5. The van der Waals surface area contributed by atoms with Crippen LogP contribution in [0.25, 0.3) is 0 Å². The second kappa shape index (κ2) is 11.5. The Morgan fingerprint density at radius 3 is 2.35 bits per heavy atom. The largest absolute Gasteiger partial charge is 0.484 e. The number of rotatable bonds is 7. The van der Waals surface area contributed by atoms with Crippen molar-refractivity contribution in [3.63, 3.8) is 0 Å². The Morgan fingerprint density at radius 2 is 1.85 bits per heavy atom. The summed E-state index contributed by atoms with van der Waals surface area (Å²) in [5, 5.41) is 19.6. The zero-order chi connectivity index (χ0) is 19.5. The smallest absolute Gasteiger partial charge is 0.332 e. The lowest BCUT2D eigenvalue weighted by molar-refractivity contribution is -0.145. The van der Waals surface area contributed by atoms with E-state index in [9.17, 15) is 4.79 Å². The summed E-state index contributed by atoms with van der Waals surface area (Å²) in [5.41, 5.74) is 2.30. The van der Waals surface area contributed by atoms with Crippen molar-refractivity contribution in [2.24, 2.45) is 0 Å². The SMILES string of the molecule is CC(O)C(=O)O.CNCCC(Oc1ccc(C)cc1Cl)c1ccccc1. The minimum atomic E-state index is -1.23. The zero-order valence-corrected chi connectivity index (χ0v) is 16.0. The lowest BCUT2D eigenvalue weighted by atomic mass is 10.1. The van der Waals surface area contributed by atoms with Crippen LogP contribution < -0.4 is 10.1 Å². The van der Waals surface area contributed by atoms with Gasteiger partial charge in [-0.15, -0.1) is 0 Å². The van der Waals surface area contributed by atoms with Crippen LogP contribution in [0.3, 0.4) is 0 Å². The molecule has 0 saturated carbocycles. The molecule has 0 radical (unpaired) electrons. The van der Waals surface area contributed by atoms with E-state index in [2.05, 4.69) is 17.4 Å². The average molecular weight is 380 g/mol. The first-order valence-corrected chi connectivity index (χ1v) is 8.76. The number of aliphatic hydroxyl groups excluding tert-OH is 1. The highest BCUT2D eigenvalue weighted by Crippen LogP contribution is 2.31. The molecule has 0 bridgehead atoms. The van der Waals surface area contributed by atoms with Gasteiger partial charge >= 0.3 is 5.97 Å². The molecule has 0 aliphatic carbocycles. The van der Waals surface area contributed by atoms with E-state index in [-0.39, 0.29) is 6.10 Å². The Labute approximate surface area is 159 Å². The number of carboxylic acid groups (broad SMARTS) is 1. The normalized spacial score (nSPS) is 12.5. The second-order valence-corrected chi connectivity index (χ2v) is 6.26. The first kappa shape index (κ1) is 22.0. The van der Waals surface area contributed by atoms with Gasteiger partial charge in [0.15, 0.2) is 0 Å². The number of aryl methyl sites for hydroxylation is 1. The van der Waals surface area contributed by atoms with Gasteiger partial charge in [-0.25, -0.2) is 4.79 Å². The van der Waals surface area contributed by atoms with Gasteiger partial charge in [0.1, 0.15) is 18.0 Å². The molecular formula is C20H26ClNO4. The molecule has 6 heteroatoms. The topological polar surface area (TPSA) is 78.8 Å². The number of aliphatic carboxylic acids is 1. The van der Waals surface area contributed by atoms with Crippen LogP contribution in [0, 0.1) is 6.92 Å². The predicted molar refractivity (Wildman–Crippen MR) is 104 cm³/mol. The van der Waals surface area contributed by atoms with Crippen molar-refractivity contribution in [1.29, 1.82) is 0 Å². The number of aliphatic hydroxyl groups is 1. The van der Waals surface area contributed by atoms with Crippen LogP contribution in [0.2, 0.25) is 5.02 Å². The fourth-order valence-electron chi connectivity index (χ4n) is 2.09. The lowest BCUT2D eigenvalue weighted by Gasteiger charge is -2.20. The summed E-state index contributed by atoms with van der Waals surface area (Å²) in [6.45, 7) is 4.11. The lowest BCUT2D eigenvalue weighted by Crippen LogP contribution is -2.16. The van der Waals surface area contributed by atoms with Crippen molar-refractivity contribution in [3.8, 4) is 5.75 Å². The summed E-state index contributed by atoms with van der Waals surface area (Å²) in [5.74, 6) is -0.447. The molecule has 0 amide bonds. The highest BCUT2D eigenvalue weighted by Gasteiger charge is 2.14. The molecule has 0 fully saturated rings. The third-order valence-corrected chi connectivity index (χ3v) is 3.84. The van der Waals surface area contributed by atoms with E-state index in [4.69, 9.17) is 26.6 Å². The summed E-state index contributed by atoms with van der Waals surface area (Å²) in [7, 11) is 1.95. The van der Waals surface area contributed by atoms with E-state index in [1.165, 1.54) is 12.5 Å². The predicted octanol–water partition coefficient (Wildman–Crippen LogP) is 3.83. The minimum absolute atomic E-state index is 0.00357. The van der Waals surface area contributed by atoms with Crippen LogP contribution in [-0.2, 0) is 4.79 Å². The molecule has 0 saturated heterocycles. The average Bonchev–Trinajstić information content (AvgIpc) is 2.61. The van der Waals surface area contributed by atoms with Gasteiger partial charge in [-0.3, -0.25) is 0 Å². The number of hydrogen-bond donors (Lipinski definition) is 3. The van der Waals surface area contributed by atoms with Gasteiger partial charge in [-0.05, 0) is 50.7 Å². The number of benzene rings is 2. The molecule has 26 heavy (non-hydrogen) atoms. The third-order valence-electron chi connectivity index (χ3n) is 3.54.